The number of hydrogen-bond donors (Lipinski definition) is 0. The van der Waals surface area contributed by atoms with Crippen molar-refractivity contribution in [2.75, 3.05) is 6.61 Å². The Balaban J connectivity index is 1.80. The van der Waals surface area contributed by atoms with Crippen molar-refractivity contribution in [3.8, 4) is 0 Å². The van der Waals surface area contributed by atoms with Crippen LogP contribution >= 0.6 is 24.0 Å². The molecule has 1 aromatic rings. The highest BCUT2D eigenvalue weighted by Crippen LogP contribution is 2.58. The molecule has 0 bridgehead atoms. The highest BCUT2D eigenvalue weighted by molar-refractivity contribution is 8.23. The fraction of sp³-hybridized carbons (Fsp3) is 0.842. The van der Waals surface area contributed by atoms with Gasteiger partial charge in [0.05, 0.1) is 6.61 Å². The van der Waals surface area contributed by atoms with Crippen LogP contribution in [0.1, 0.15) is 51.8 Å². The Hall–Kier alpha value is -0.653. The number of alkyl halides is 3. The van der Waals surface area contributed by atoms with E-state index in [1.165, 1.54) is 0 Å². The van der Waals surface area contributed by atoms with E-state index in [-0.39, 0.29) is 34.1 Å². The van der Waals surface area contributed by atoms with E-state index in [0.29, 0.717) is 23.8 Å². The van der Waals surface area contributed by atoms with Gasteiger partial charge in [0, 0.05) is 17.8 Å². The van der Waals surface area contributed by atoms with Crippen LogP contribution in [0.2, 0.25) is 18.6 Å². The number of aromatic nitrogens is 2. The van der Waals surface area contributed by atoms with Crippen molar-refractivity contribution in [2.24, 2.45) is 11.3 Å². The van der Waals surface area contributed by atoms with Crippen LogP contribution in [-0.4, -0.2) is 40.9 Å². The van der Waals surface area contributed by atoms with Crippen molar-refractivity contribution < 1.29 is 26.8 Å². The molecule has 4 atom stereocenters. The molecule has 0 radical (unpaired) electrons. The number of ether oxygens (including phenoxy) is 1. The lowest BCUT2D eigenvalue weighted by Crippen LogP contribution is -2.45. The molecule has 2 heterocycles. The second kappa shape index (κ2) is 8.71. The van der Waals surface area contributed by atoms with Gasteiger partial charge in [0.1, 0.15) is 0 Å². The average molecular weight is 483 g/mol. The topological polar surface area (TPSA) is 57.4 Å². The molecule has 3 rings (SSSR count). The normalized spacial score (nSPS) is 30.1. The van der Waals surface area contributed by atoms with Gasteiger partial charge in [0.15, 0.2) is 8.32 Å². The predicted octanol–water partition coefficient (Wildman–Crippen LogP) is 5.85. The predicted molar refractivity (Wildman–Crippen MR) is 116 cm³/mol. The van der Waals surface area contributed by atoms with Gasteiger partial charge in [-0.2, -0.15) is 13.2 Å². The first kappa shape index (κ1) is 24.0. The van der Waals surface area contributed by atoms with Gasteiger partial charge in [0.25, 0.3) is 0 Å². The van der Waals surface area contributed by atoms with E-state index in [1.807, 2.05) is 6.92 Å². The summed E-state index contributed by atoms with van der Waals surface area (Å²) in [5.41, 5.74) is 0.308. The van der Waals surface area contributed by atoms with Crippen LogP contribution in [0.4, 0.5) is 13.2 Å². The Morgan fingerprint density at radius 1 is 1.33 bits per heavy atom. The molecule has 11 heteroatoms. The zero-order valence-electron chi connectivity index (χ0n) is 17.9. The molecule has 1 aliphatic carbocycles. The van der Waals surface area contributed by atoms with Crippen LogP contribution < -0.4 is 0 Å². The molecule has 170 valence electrons. The molecule has 2 fully saturated rings. The summed E-state index contributed by atoms with van der Waals surface area (Å²) in [6.45, 7) is 11.4. The Bertz CT molecular complexity index is 772. The Morgan fingerprint density at radius 2 is 2.03 bits per heavy atom. The third-order valence-corrected chi connectivity index (χ3v) is 11.6. The maximum atomic E-state index is 12.8. The van der Waals surface area contributed by atoms with Crippen molar-refractivity contribution in [1.29, 1.82) is 0 Å². The molecule has 0 unspecified atom stereocenters. The Labute approximate surface area is 186 Å². The van der Waals surface area contributed by atoms with E-state index < -0.39 is 20.4 Å². The van der Waals surface area contributed by atoms with Crippen LogP contribution in [-0.2, 0) is 21.8 Å². The quantitative estimate of drug-likeness (QED) is 0.385. The van der Waals surface area contributed by atoms with Crippen LogP contribution in [0.5, 0.6) is 0 Å². The Kier molecular flexibility index (Phi) is 6.96. The number of rotatable bonds is 5. The highest BCUT2D eigenvalue weighted by Gasteiger charge is 2.58. The molecular formula is C19H29F3N2O3S2Si. The number of thioether (sulfide) groups is 1. The van der Waals surface area contributed by atoms with Crippen molar-refractivity contribution in [3.05, 3.63) is 11.8 Å². The monoisotopic (exact) mass is 482 g/mol. The van der Waals surface area contributed by atoms with Crippen molar-refractivity contribution in [2.45, 2.75) is 82.6 Å². The van der Waals surface area contributed by atoms with Gasteiger partial charge in [-0.15, -0.1) is 10.2 Å². The first-order chi connectivity index (χ1) is 13.8. The van der Waals surface area contributed by atoms with Crippen LogP contribution in [0.15, 0.2) is 4.42 Å². The minimum absolute atomic E-state index is 0.0275. The molecule has 0 aromatic carbocycles. The fourth-order valence-electron chi connectivity index (χ4n) is 4.90. The summed E-state index contributed by atoms with van der Waals surface area (Å²) in [5, 5.41) is 6.98. The minimum atomic E-state index is -4.62. The molecule has 5 nitrogen and oxygen atoms in total. The zero-order valence-corrected chi connectivity index (χ0v) is 20.5. The molecule has 30 heavy (non-hydrogen) atoms. The van der Waals surface area contributed by atoms with E-state index in [2.05, 4.69) is 37.1 Å². The van der Waals surface area contributed by atoms with Gasteiger partial charge in [-0.3, -0.25) is 0 Å². The third-order valence-electron chi connectivity index (χ3n) is 6.30. The van der Waals surface area contributed by atoms with E-state index in [0.717, 1.165) is 12.8 Å². The van der Waals surface area contributed by atoms with E-state index >= 15 is 0 Å². The first-order valence-corrected chi connectivity index (χ1v) is 14.5. The molecule has 1 aromatic heterocycles. The molecule has 0 spiro atoms. The summed E-state index contributed by atoms with van der Waals surface area (Å²) in [4.78, 5) is 0. The SMILES string of the molecule is CCOC(=S)S[C@@H]1[C@@H]2[C@H](CCC1(C)C)O[Si](C)(C)[C@H]2CCc1nnc(C(F)(F)F)o1. The summed E-state index contributed by atoms with van der Waals surface area (Å²) in [5.74, 6) is -0.993. The van der Waals surface area contributed by atoms with Crippen LogP contribution in [0.3, 0.4) is 0 Å². The van der Waals surface area contributed by atoms with Gasteiger partial charge in [0.2, 0.25) is 10.3 Å². The molecule has 2 aliphatic rings. The Morgan fingerprint density at radius 3 is 2.63 bits per heavy atom. The van der Waals surface area contributed by atoms with E-state index in [1.54, 1.807) is 11.8 Å². The molecular weight excluding hydrogens is 453 g/mol. The fourth-order valence-corrected chi connectivity index (χ4v) is 10.2. The summed E-state index contributed by atoms with van der Waals surface area (Å²) < 4.78 is 55.9. The number of hydrogen-bond acceptors (Lipinski definition) is 7. The largest absolute Gasteiger partial charge is 0.479 e. The van der Waals surface area contributed by atoms with Crippen molar-refractivity contribution >= 4 is 36.7 Å². The van der Waals surface area contributed by atoms with Gasteiger partial charge < -0.3 is 13.6 Å². The summed E-state index contributed by atoms with van der Waals surface area (Å²) in [7, 11) is -2.06. The van der Waals surface area contributed by atoms with Gasteiger partial charge in [-0.25, -0.2) is 0 Å². The van der Waals surface area contributed by atoms with Gasteiger partial charge in [-0.1, -0.05) is 25.6 Å². The summed E-state index contributed by atoms with van der Waals surface area (Å²) >= 11 is 7.06. The lowest BCUT2D eigenvalue weighted by atomic mass is 9.68. The van der Waals surface area contributed by atoms with E-state index in [4.69, 9.17) is 25.8 Å². The molecule has 1 saturated heterocycles. The van der Waals surface area contributed by atoms with Crippen LogP contribution in [0, 0.1) is 11.3 Å². The summed E-state index contributed by atoms with van der Waals surface area (Å²) in [6.07, 6.45) is -1.47. The van der Waals surface area contributed by atoms with Crippen molar-refractivity contribution in [3.63, 3.8) is 0 Å². The lowest BCUT2D eigenvalue weighted by molar-refractivity contribution is -0.157. The molecule has 1 saturated carbocycles. The van der Waals surface area contributed by atoms with Gasteiger partial charge >= 0.3 is 12.1 Å². The third kappa shape index (κ3) is 5.04. The lowest BCUT2D eigenvalue weighted by Gasteiger charge is -2.46. The molecule has 1 aliphatic heterocycles. The average Bonchev–Trinajstić information content (AvgIpc) is 3.18. The smallest absolute Gasteiger partial charge is 0.470 e. The molecule has 0 amide bonds. The van der Waals surface area contributed by atoms with Gasteiger partial charge in [-0.05, 0) is 68.4 Å². The standard InChI is InChI=1S/C19H29F3N2O3S2Si/c1-6-25-17(28)29-15-14-11(9-10-18(15,2)3)27-30(4,5)12(14)7-8-13-23-24-16(26-13)19(20,21)22/h11-12,14-15H,6-10H2,1-5H3/t11-,12-,14+,15+/m0/s1. The van der Waals surface area contributed by atoms with Crippen LogP contribution in [0.25, 0.3) is 0 Å². The number of fused-ring (bicyclic) bond motifs is 1. The number of thiocarbonyl (C=S) groups is 1. The maximum absolute atomic E-state index is 12.8. The number of halogens is 3. The van der Waals surface area contributed by atoms with E-state index in [9.17, 15) is 13.2 Å². The number of aryl methyl sites for hydroxylation is 1. The zero-order chi connectivity index (χ0) is 22.3. The first-order valence-electron chi connectivity index (χ1n) is 10.3. The highest BCUT2D eigenvalue weighted by atomic mass is 32.2. The maximum Gasteiger partial charge on any atom is 0.470 e. The number of nitrogens with zero attached hydrogens (tertiary/aromatic N) is 2. The minimum Gasteiger partial charge on any atom is -0.479 e. The second-order valence-electron chi connectivity index (χ2n) is 9.23. The molecule has 0 N–H and O–H groups in total. The second-order valence-corrected chi connectivity index (χ2v) is 15.2. The summed E-state index contributed by atoms with van der Waals surface area (Å²) in [6, 6.07) is 0. The van der Waals surface area contributed by atoms with Crippen molar-refractivity contribution in [1.82, 2.24) is 10.2 Å².